The fraction of sp³-hybridized carbons (Fsp3) is 0.273. The van der Waals surface area contributed by atoms with E-state index in [0.29, 0.717) is 23.2 Å². The monoisotopic (exact) mass is 422 g/mol. The highest BCUT2D eigenvalue weighted by molar-refractivity contribution is 6.30. The summed E-state index contributed by atoms with van der Waals surface area (Å²) in [5.74, 6) is 1.13. The van der Waals surface area contributed by atoms with Gasteiger partial charge in [0.25, 0.3) is 0 Å². The number of allylic oxidation sites excluding steroid dienone is 1. The van der Waals surface area contributed by atoms with Gasteiger partial charge < -0.3 is 25.2 Å². The van der Waals surface area contributed by atoms with Gasteiger partial charge in [-0.3, -0.25) is 0 Å². The normalized spacial score (nSPS) is 19.4. The van der Waals surface area contributed by atoms with Crippen molar-refractivity contribution in [2.45, 2.75) is 12.5 Å². The van der Waals surface area contributed by atoms with Gasteiger partial charge in [-0.25, -0.2) is 0 Å². The minimum Gasteiger partial charge on any atom is -0.389 e. The Morgan fingerprint density at radius 3 is 2.43 bits per heavy atom. The van der Waals surface area contributed by atoms with Crippen LogP contribution in [0.1, 0.15) is 6.42 Å². The number of rotatable bonds is 3. The first-order valence-corrected chi connectivity index (χ1v) is 10.4. The standard InChI is InChI=1S/C22H23ClN6O/c23-15-1-3-17(4-2-15)29-10-9-19-20(24)25-22(26-21(19)29)28-13-11-27(12-14-28)16-5-7-18(30)8-6-16/h1-7,9-10,18,30H,8,11-14H2,(H2,24,25,26). The van der Waals surface area contributed by atoms with Crippen LogP contribution in [-0.4, -0.2) is 56.8 Å². The quantitative estimate of drug-likeness (QED) is 0.675. The van der Waals surface area contributed by atoms with Crippen LogP contribution in [-0.2, 0) is 0 Å². The molecule has 154 valence electrons. The Morgan fingerprint density at radius 1 is 1.00 bits per heavy atom. The van der Waals surface area contributed by atoms with E-state index in [0.717, 1.165) is 42.9 Å². The third-order valence-electron chi connectivity index (χ3n) is 5.65. The molecule has 2 aliphatic rings. The molecule has 2 aromatic heterocycles. The Bertz CT molecular complexity index is 1130. The summed E-state index contributed by atoms with van der Waals surface area (Å²) >= 11 is 6.03. The Labute approximate surface area is 179 Å². The van der Waals surface area contributed by atoms with Crippen molar-refractivity contribution in [3.8, 4) is 5.69 Å². The van der Waals surface area contributed by atoms with Gasteiger partial charge in [0.15, 0.2) is 5.65 Å². The number of hydrogen-bond donors (Lipinski definition) is 2. The molecule has 1 aliphatic heterocycles. The van der Waals surface area contributed by atoms with Crippen molar-refractivity contribution in [2.24, 2.45) is 0 Å². The van der Waals surface area contributed by atoms with Crippen LogP contribution in [0.15, 0.2) is 60.5 Å². The minimum absolute atomic E-state index is 0.366. The topological polar surface area (TPSA) is 83.4 Å². The Morgan fingerprint density at radius 2 is 1.73 bits per heavy atom. The van der Waals surface area contributed by atoms with Crippen molar-refractivity contribution in [3.63, 3.8) is 0 Å². The van der Waals surface area contributed by atoms with Gasteiger partial charge >= 0.3 is 0 Å². The average Bonchev–Trinajstić information content (AvgIpc) is 3.20. The average molecular weight is 423 g/mol. The fourth-order valence-electron chi connectivity index (χ4n) is 3.97. The van der Waals surface area contributed by atoms with Crippen LogP contribution in [0, 0.1) is 0 Å². The molecule has 1 aromatic carbocycles. The Balaban J connectivity index is 1.39. The number of aliphatic hydroxyl groups is 1. The van der Waals surface area contributed by atoms with Crippen LogP contribution < -0.4 is 10.6 Å². The summed E-state index contributed by atoms with van der Waals surface area (Å²) in [4.78, 5) is 13.9. The van der Waals surface area contributed by atoms with Crippen LogP contribution in [0.3, 0.4) is 0 Å². The summed E-state index contributed by atoms with van der Waals surface area (Å²) in [5.41, 5.74) is 9.21. The van der Waals surface area contributed by atoms with Crippen LogP contribution in [0.5, 0.6) is 0 Å². The number of nitrogens with two attached hydrogens (primary N) is 1. The van der Waals surface area contributed by atoms with Crippen LogP contribution in [0.2, 0.25) is 5.02 Å². The molecule has 5 rings (SSSR count). The number of aromatic nitrogens is 3. The lowest BCUT2D eigenvalue weighted by atomic mass is 10.1. The van der Waals surface area contributed by atoms with Crippen molar-refractivity contribution in [1.29, 1.82) is 0 Å². The van der Waals surface area contributed by atoms with E-state index in [1.807, 2.05) is 53.2 Å². The van der Waals surface area contributed by atoms with E-state index in [1.165, 1.54) is 5.70 Å². The first-order valence-electron chi connectivity index (χ1n) is 10.1. The predicted molar refractivity (Wildman–Crippen MR) is 120 cm³/mol. The third-order valence-corrected chi connectivity index (χ3v) is 5.90. The summed E-state index contributed by atoms with van der Waals surface area (Å²) in [6.07, 6.45) is 8.21. The van der Waals surface area contributed by atoms with E-state index in [-0.39, 0.29) is 6.10 Å². The van der Waals surface area contributed by atoms with Gasteiger partial charge in [0.1, 0.15) is 5.82 Å². The van der Waals surface area contributed by atoms with Crippen LogP contribution >= 0.6 is 11.6 Å². The van der Waals surface area contributed by atoms with Gasteiger partial charge in [0, 0.05) is 48.8 Å². The predicted octanol–water partition coefficient (Wildman–Crippen LogP) is 2.98. The SMILES string of the molecule is Nc1nc(N2CCN(C3=CCC(O)C=C3)CC2)nc2c1ccn2-c1ccc(Cl)cc1. The number of aliphatic hydroxyl groups excluding tert-OH is 1. The van der Waals surface area contributed by atoms with E-state index < -0.39 is 0 Å². The maximum absolute atomic E-state index is 9.63. The summed E-state index contributed by atoms with van der Waals surface area (Å²) in [6, 6.07) is 9.58. The van der Waals surface area contributed by atoms with Crippen molar-refractivity contribution >= 4 is 34.4 Å². The maximum Gasteiger partial charge on any atom is 0.229 e. The van der Waals surface area contributed by atoms with E-state index in [4.69, 9.17) is 22.3 Å². The number of hydrogen-bond acceptors (Lipinski definition) is 6. The van der Waals surface area contributed by atoms with Gasteiger partial charge in [0.2, 0.25) is 5.95 Å². The minimum atomic E-state index is -0.366. The van der Waals surface area contributed by atoms with Crippen molar-refractivity contribution in [1.82, 2.24) is 19.4 Å². The van der Waals surface area contributed by atoms with Crippen molar-refractivity contribution in [2.75, 3.05) is 36.8 Å². The first kappa shape index (κ1) is 19.0. The van der Waals surface area contributed by atoms with Crippen LogP contribution in [0.25, 0.3) is 16.7 Å². The van der Waals surface area contributed by atoms with Gasteiger partial charge in [-0.15, -0.1) is 0 Å². The summed E-state index contributed by atoms with van der Waals surface area (Å²) in [5, 5.41) is 11.2. The number of fused-ring (bicyclic) bond motifs is 1. The molecule has 0 bridgehead atoms. The molecule has 0 spiro atoms. The molecule has 1 atom stereocenters. The second kappa shape index (κ2) is 7.66. The van der Waals surface area contributed by atoms with Gasteiger partial charge in [0.05, 0.1) is 11.5 Å². The molecule has 3 heterocycles. The molecule has 3 N–H and O–H groups in total. The zero-order valence-electron chi connectivity index (χ0n) is 16.4. The molecule has 1 saturated heterocycles. The number of nitrogens with zero attached hydrogens (tertiary/aromatic N) is 5. The smallest absolute Gasteiger partial charge is 0.229 e. The molecule has 7 nitrogen and oxygen atoms in total. The number of benzene rings is 1. The molecule has 8 heteroatoms. The second-order valence-corrected chi connectivity index (χ2v) is 8.01. The number of anilines is 2. The summed E-state index contributed by atoms with van der Waals surface area (Å²) in [7, 11) is 0. The molecule has 1 aliphatic carbocycles. The highest BCUT2D eigenvalue weighted by Crippen LogP contribution is 2.27. The van der Waals surface area contributed by atoms with Crippen molar-refractivity contribution in [3.05, 3.63) is 65.5 Å². The summed E-state index contributed by atoms with van der Waals surface area (Å²) in [6.45, 7) is 3.35. The molecule has 1 fully saturated rings. The molecular weight excluding hydrogens is 400 g/mol. The lowest BCUT2D eigenvalue weighted by Crippen LogP contribution is -2.46. The molecule has 0 saturated carbocycles. The van der Waals surface area contributed by atoms with Crippen molar-refractivity contribution < 1.29 is 5.11 Å². The molecular formula is C22H23ClN6O. The Kier molecular flexibility index (Phi) is 4.84. The zero-order chi connectivity index (χ0) is 20.7. The summed E-state index contributed by atoms with van der Waals surface area (Å²) < 4.78 is 2.01. The van der Waals surface area contributed by atoms with Gasteiger partial charge in [-0.05, 0) is 42.8 Å². The highest BCUT2D eigenvalue weighted by Gasteiger charge is 2.22. The van der Waals surface area contributed by atoms with Gasteiger partial charge in [-0.1, -0.05) is 23.8 Å². The lowest BCUT2D eigenvalue weighted by molar-refractivity contribution is 0.221. The molecule has 0 amide bonds. The van der Waals surface area contributed by atoms with Crippen LogP contribution in [0.4, 0.5) is 11.8 Å². The highest BCUT2D eigenvalue weighted by atomic mass is 35.5. The van der Waals surface area contributed by atoms with E-state index in [1.54, 1.807) is 0 Å². The zero-order valence-corrected chi connectivity index (χ0v) is 17.2. The van der Waals surface area contributed by atoms with E-state index in [2.05, 4.69) is 20.9 Å². The molecule has 30 heavy (non-hydrogen) atoms. The maximum atomic E-state index is 9.63. The number of nitrogen functional groups attached to an aromatic ring is 1. The Hall–Kier alpha value is -3.03. The second-order valence-electron chi connectivity index (χ2n) is 7.57. The number of halogens is 1. The van der Waals surface area contributed by atoms with E-state index in [9.17, 15) is 5.11 Å². The lowest BCUT2D eigenvalue weighted by Gasteiger charge is -2.37. The van der Waals surface area contributed by atoms with E-state index >= 15 is 0 Å². The fourth-order valence-corrected chi connectivity index (χ4v) is 4.10. The molecule has 0 radical (unpaired) electrons. The first-order chi connectivity index (χ1) is 14.6. The third kappa shape index (κ3) is 3.51. The van der Waals surface area contributed by atoms with Gasteiger partial charge in [-0.2, -0.15) is 9.97 Å². The number of piperazine rings is 1. The molecule has 3 aromatic rings. The molecule has 1 unspecified atom stereocenters. The largest absolute Gasteiger partial charge is 0.389 e.